The molecule has 1 saturated carbocycles. The van der Waals surface area contributed by atoms with Gasteiger partial charge in [0.1, 0.15) is 11.2 Å². The van der Waals surface area contributed by atoms with Crippen LogP contribution in [0.4, 0.5) is 5.82 Å². The molecule has 0 atom stereocenters. The molecule has 0 aliphatic heterocycles. The monoisotopic (exact) mass is 329 g/mol. The highest BCUT2D eigenvalue weighted by Gasteiger charge is 2.31. The van der Waals surface area contributed by atoms with Gasteiger partial charge in [0.05, 0.1) is 5.52 Å². The lowest BCUT2D eigenvalue weighted by Crippen LogP contribution is -2.15. The summed E-state index contributed by atoms with van der Waals surface area (Å²) >= 11 is 0. The summed E-state index contributed by atoms with van der Waals surface area (Å²) in [4.78, 5) is 4.42. The van der Waals surface area contributed by atoms with Crippen molar-refractivity contribution in [2.24, 2.45) is 0 Å². The van der Waals surface area contributed by atoms with E-state index in [0.29, 0.717) is 11.4 Å². The summed E-state index contributed by atoms with van der Waals surface area (Å²) in [7, 11) is -3.79. The van der Waals surface area contributed by atoms with Gasteiger partial charge < -0.3 is 4.52 Å². The van der Waals surface area contributed by atoms with Gasteiger partial charge in [-0.1, -0.05) is 17.3 Å². The molecule has 0 spiro atoms. The predicted molar refractivity (Wildman–Crippen MR) is 85.8 cm³/mol. The fraction of sp³-hybridized carbons (Fsp3) is 0.250. The number of hydrogen-bond donors (Lipinski definition) is 1. The van der Waals surface area contributed by atoms with Crippen LogP contribution in [0.3, 0.4) is 0 Å². The van der Waals surface area contributed by atoms with Crippen LogP contribution in [-0.4, -0.2) is 18.6 Å². The van der Waals surface area contributed by atoms with Crippen LogP contribution in [0.5, 0.6) is 0 Å². The first-order valence-electron chi connectivity index (χ1n) is 7.37. The Balaban J connectivity index is 1.78. The van der Waals surface area contributed by atoms with E-state index < -0.39 is 10.0 Å². The molecular weight excluding hydrogens is 314 g/mol. The quantitative estimate of drug-likeness (QED) is 0.794. The Morgan fingerprint density at radius 1 is 1.30 bits per heavy atom. The van der Waals surface area contributed by atoms with Crippen LogP contribution in [0.25, 0.3) is 10.9 Å². The van der Waals surface area contributed by atoms with Crippen LogP contribution < -0.4 is 4.72 Å². The summed E-state index contributed by atoms with van der Waals surface area (Å²) in [6.07, 6.45) is 5.24. The summed E-state index contributed by atoms with van der Waals surface area (Å²) in [5.41, 5.74) is 2.24. The normalized spacial score (nSPS) is 15.0. The molecule has 1 aliphatic carbocycles. The van der Waals surface area contributed by atoms with E-state index in [2.05, 4.69) is 14.9 Å². The van der Waals surface area contributed by atoms with Crippen molar-refractivity contribution >= 4 is 26.7 Å². The topological polar surface area (TPSA) is 85.1 Å². The minimum absolute atomic E-state index is 0.139. The summed E-state index contributed by atoms with van der Waals surface area (Å²) in [6.45, 7) is 1.92. The molecule has 0 unspecified atom stereocenters. The lowest BCUT2D eigenvalue weighted by Gasteiger charge is -2.09. The van der Waals surface area contributed by atoms with Gasteiger partial charge in [-0.3, -0.25) is 9.71 Å². The SMILES string of the molecule is Cc1cnc2c(S(=O)(=O)Nc3nocc3C3CC3)cccc2c1. The predicted octanol–water partition coefficient (Wildman–Crippen LogP) is 3.21. The first kappa shape index (κ1) is 14.2. The number of fused-ring (bicyclic) bond motifs is 1. The van der Waals surface area contributed by atoms with Gasteiger partial charge in [-0.2, -0.15) is 0 Å². The van der Waals surface area contributed by atoms with E-state index in [4.69, 9.17) is 4.52 Å². The van der Waals surface area contributed by atoms with Gasteiger partial charge in [0, 0.05) is 17.1 Å². The molecule has 4 rings (SSSR count). The maximum atomic E-state index is 12.8. The van der Waals surface area contributed by atoms with Crippen molar-refractivity contribution in [2.45, 2.75) is 30.6 Å². The van der Waals surface area contributed by atoms with E-state index in [1.807, 2.05) is 19.1 Å². The number of pyridine rings is 1. The molecule has 2 heterocycles. The second-order valence-electron chi connectivity index (χ2n) is 5.84. The molecule has 0 amide bonds. The number of nitrogens with one attached hydrogen (secondary N) is 1. The van der Waals surface area contributed by atoms with Gasteiger partial charge in [0.15, 0.2) is 5.82 Å². The van der Waals surface area contributed by atoms with E-state index in [0.717, 1.165) is 29.4 Å². The fourth-order valence-electron chi connectivity index (χ4n) is 2.65. The van der Waals surface area contributed by atoms with E-state index in [1.165, 1.54) is 6.26 Å². The Hall–Kier alpha value is -2.41. The molecule has 6 nitrogen and oxygen atoms in total. The zero-order chi connectivity index (χ0) is 16.0. The Labute approximate surface area is 133 Å². The van der Waals surface area contributed by atoms with Crippen molar-refractivity contribution in [1.29, 1.82) is 0 Å². The van der Waals surface area contributed by atoms with E-state index >= 15 is 0 Å². The van der Waals surface area contributed by atoms with Crippen LogP contribution in [0.2, 0.25) is 0 Å². The van der Waals surface area contributed by atoms with E-state index in [9.17, 15) is 8.42 Å². The molecule has 118 valence electrons. The molecule has 3 aromatic rings. The van der Waals surface area contributed by atoms with Crippen molar-refractivity contribution in [3.63, 3.8) is 0 Å². The van der Waals surface area contributed by atoms with E-state index in [-0.39, 0.29) is 10.7 Å². The van der Waals surface area contributed by atoms with Crippen molar-refractivity contribution in [3.05, 3.63) is 47.9 Å². The third-order valence-corrected chi connectivity index (χ3v) is 5.32. The summed E-state index contributed by atoms with van der Waals surface area (Å²) in [5, 5.41) is 4.58. The highest BCUT2D eigenvalue weighted by molar-refractivity contribution is 7.93. The second kappa shape index (κ2) is 5.06. The largest absolute Gasteiger partial charge is 0.362 e. The third kappa shape index (κ3) is 2.57. The molecule has 23 heavy (non-hydrogen) atoms. The maximum absolute atomic E-state index is 12.8. The van der Waals surface area contributed by atoms with Crippen molar-refractivity contribution in [2.75, 3.05) is 4.72 Å². The number of aryl methyl sites for hydroxylation is 1. The highest BCUT2D eigenvalue weighted by atomic mass is 32.2. The third-order valence-electron chi connectivity index (χ3n) is 3.95. The minimum atomic E-state index is -3.79. The maximum Gasteiger partial charge on any atom is 0.265 e. The number of anilines is 1. The average molecular weight is 329 g/mol. The smallest absolute Gasteiger partial charge is 0.265 e. The van der Waals surface area contributed by atoms with Gasteiger partial charge in [0.25, 0.3) is 10.0 Å². The zero-order valence-electron chi connectivity index (χ0n) is 12.5. The number of nitrogens with zero attached hydrogens (tertiary/aromatic N) is 2. The van der Waals surface area contributed by atoms with Crippen LogP contribution in [0.15, 0.2) is 46.1 Å². The van der Waals surface area contributed by atoms with Crippen LogP contribution in [-0.2, 0) is 10.0 Å². The average Bonchev–Trinajstić information content (AvgIpc) is 3.26. The van der Waals surface area contributed by atoms with Gasteiger partial charge in [-0.25, -0.2) is 8.42 Å². The summed E-state index contributed by atoms with van der Waals surface area (Å²) < 4.78 is 33.0. The van der Waals surface area contributed by atoms with Crippen LogP contribution in [0, 0.1) is 6.92 Å². The van der Waals surface area contributed by atoms with Gasteiger partial charge >= 0.3 is 0 Å². The number of rotatable bonds is 4. The molecule has 1 fully saturated rings. The van der Waals surface area contributed by atoms with Crippen molar-refractivity contribution < 1.29 is 12.9 Å². The van der Waals surface area contributed by atoms with Crippen molar-refractivity contribution in [1.82, 2.24) is 10.1 Å². The molecule has 1 aromatic carbocycles. The van der Waals surface area contributed by atoms with Crippen LogP contribution in [0.1, 0.15) is 29.9 Å². The Morgan fingerprint density at radius 3 is 2.91 bits per heavy atom. The van der Waals surface area contributed by atoms with Gasteiger partial charge in [0.2, 0.25) is 0 Å². The number of hydrogen-bond acceptors (Lipinski definition) is 5. The highest BCUT2D eigenvalue weighted by Crippen LogP contribution is 2.43. The lowest BCUT2D eigenvalue weighted by molar-refractivity contribution is 0.422. The molecule has 1 N–H and O–H groups in total. The lowest BCUT2D eigenvalue weighted by atomic mass is 10.2. The fourth-order valence-corrected chi connectivity index (χ4v) is 3.85. The number of sulfonamides is 1. The summed E-state index contributed by atoms with van der Waals surface area (Å²) in [6, 6.07) is 7.01. The Bertz CT molecular complexity index is 991. The minimum Gasteiger partial charge on any atom is -0.362 e. The number of para-hydroxylation sites is 1. The first-order valence-corrected chi connectivity index (χ1v) is 8.85. The first-order chi connectivity index (χ1) is 11.0. The molecule has 7 heteroatoms. The molecule has 0 radical (unpaired) electrons. The Morgan fingerprint density at radius 2 is 2.13 bits per heavy atom. The zero-order valence-corrected chi connectivity index (χ0v) is 13.3. The van der Waals surface area contributed by atoms with Gasteiger partial charge in [-0.05, 0) is 43.4 Å². The second-order valence-corrected chi connectivity index (χ2v) is 7.49. The van der Waals surface area contributed by atoms with Crippen LogP contribution >= 0.6 is 0 Å². The number of benzene rings is 1. The Kier molecular flexibility index (Phi) is 3.12. The van der Waals surface area contributed by atoms with Gasteiger partial charge in [-0.15, -0.1) is 0 Å². The summed E-state index contributed by atoms with van der Waals surface area (Å²) in [5.74, 6) is 0.615. The molecule has 0 bridgehead atoms. The molecular formula is C16H15N3O3S. The number of aromatic nitrogens is 2. The van der Waals surface area contributed by atoms with E-state index in [1.54, 1.807) is 18.3 Å². The molecule has 1 aliphatic rings. The van der Waals surface area contributed by atoms with Crippen molar-refractivity contribution in [3.8, 4) is 0 Å². The molecule has 0 saturated heterocycles. The molecule has 2 aromatic heterocycles. The standard InChI is InChI=1S/C16H15N3O3S/c1-10-7-12-3-2-4-14(15(12)17-8-10)23(20,21)19-16-13(9-22-18-16)11-5-6-11/h2-4,7-9,11H,5-6H2,1H3,(H,18,19).